The quantitative estimate of drug-likeness (QED) is 0.869. The first-order valence-electron chi connectivity index (χ1n) is 9.09. The Balaban J connectivity index is 1.48. The summed E-state index contributed by atoms with van der Waals surface area (Å²) in [6.45, 7) is 3.84. The van der Waals surface area contributed by atoms with Crippen molar-refractivity contribution in [3.63, 3.8) is 0 Å². The molecule has 0 saturated carbocycles. The van der Waals surface area contributed by atoms with Crippen molar-refractivity contribution in [1.82, 2.24) is 14.9 Å². The van der Waals surface area contributed by atoms with Crippen LogP contribution in [0.15, 0.2) is 24.3 Å². The Morgan fingerprint density at radius 2 is 1.82 bits per heavy atom. The monoisotopic (exact) mass is 390 g/mol. The zero-order chi connectivity index (χ0) is 19.7. The minimum Gasteiger partial charge on any atom is -0.347 e. The molecule has 148 valence electrons. The lowest BCUT2D eigenvalue weighted by Crippen LogP contribution is -2.47. The molecule has 4 rings (SSSR count). The van der Waals surface area contributed by atoms with Gasteiger partial charge < -0.3 is 19.7 Å². The van der Waals surface area contributed by atoms with E-state index in [2.05, 4.69) is 15.3 Å². The van der Waals surface area contributed by atoms with Crippen molar-refractivity contribution in [2.24, 2.45) is 0 Å². The average molecular weight is 390 g/mol. The predicted molar refractivity (Wildman–Crippen MR) is 96.2 cm³/mol. The van der Waals surface area contributed by atoms with Gasteiger partial charge in [-0.1, -0.05) is 0 Å². The summed E-state index contributed by atoms with van der Waals surface area (Å²) in [5.74, 6) is -1.95. The molecule has 2 aliphatic heterocycles. The molecule has 7 nitrogen and oxygen atoms in total. The van der Waals surface area contributed by atoms with Crippen LogP contribution >= 0.6 is 0 Å². The number of aromatic nitrogens is 2. The summed E-state index contributed by atoms with van der Waals surface area (Å²) < 4.78 is 37.9. The number of halogens is 2. The van der Waals surface area contributed by atoms with E-state index in [4.69, 9.17) is 9.47 Å². The molecule has 1 aromatic carbocycles. The summed E-state index contributed by atoms with van der Waals surface area (Å²) in [5, 5.41) is 2.88. The van der Waals surface area contributed by atoms with Crippen molar-refractivity contribution in [1.29, 1.82) is 0 Å². The molecule has 2 aromatic rings. The molecule has 0 radical (unpaired) electrons. The molecule has 2 saturated heterocycles. The summed E-state index contributed by atoms with van der Waals surface area (Å²) in [6.07, 6.45) is 1.23. The van der Waals surface area contributed by atoms with Crippen molar-refractivity contribution in [3.05, 3.63) is 47.4 Å². The Morgan fingerprint density at radius 3 is 2.50 bits per heavy atom. The molecule has 28 heavy (non-hydrogen) atoms. The second-order valence-electron chi connectivity index (χ2n) is 6.84. The smallest absolute Gasteiger partial charge is 0.272 e. The number of nitrogens with zero attached hydrogens (tertiary/aromatic N) is 3. The highest BCUT2D eigenvalue weighted by atomic mass is 19.2. The summed E-state index contributed by atoms with van der Waals surface area (Å²) >= 11 is 0. The first-order chi connectivity index (χ1) is 13.4. The van der Waals surface area contributed by atoms with Crippen LogP contribution < -0.4 is 5.32 Å². The topological polar surface area (TPSA) is 76.6 Å². The van der Waals surface area contributed by atoms with Crippen molar-refractivity contribution >= 4 is 17.4 Å². The van der Waals surface area contributed by atoms with E-state index in [-0.39, 0.29) is 11.6 Å². The number of piperidine rings is 1. The molecular weight excluding hydrogens is 370 g/mol. The standard InChI is InChI=1S/C19H20F2N4O3/c1-12-22-16(11-17(23-12)24-13-2-3-14(20)15(21)10-13)18(26)25-6-4-19(5-7-25)27-8-9-28-19/h2-3,10-11H,4-9H2,1H3,(H,22,23,24). The van der Waals surface area contributed by atoms with E-state index in [1.807, 2.05) is 0 Å². The van der Waals surface area contributed by atoms with Crippen molar-refractivity contribution in [2.45, 2.75) is 25.6 Å². The number of carbonyl (C=O) groups is 1. The molecule has 1 amide bonds. The van der Waals surface area contributed by atoms with Crippen molar-refractivity contribution < 1.29 is 23.0 Å². The maximum Gasteiger partial charge on any atom is 0.272 e. The van der Waals surface area contributed by atoms with Gasteiger partial charge in [0.15, 0.2) is 17.4 Å². The maximum absolute atomic E-state index is 13.4. The highest BCUT2D eigenvalue weighted by molar-refractivity contribution is 5.93. The van der Waals surface area contributed by atoms with Crippen LogP contribution in [0.2, 0.25) is 0 Å². The number of rotatable bonds is 3. The number of amides is 1. The molecule has 0 aliphatic carbocycles. The van der Waals surface area contributed by atoms with Gasteiger partial charge in [0, 0.05) is 43.8 Å². The van der Waals surface area contributed by atoms with E-state index in [9.17, 15) is 13.6 Å². The number of carbonyl (C=O) groups excluding carboxylic acids is 1. The van der Waals surface area contributed by atoms with Gasteiger partial charge in [0.1, 0.15) is 17.3 Å². The fourth-order valence-electron chi connectivity index (χ4n) is 3.46. The molecule has 0 atom stereocenters. The highest BCUT2D eigenvalue weighted by Gasteiger charge is 2.41. The van der Waals surface area contributed by atoms with Gasteiger partial charge in [0.05, 0.1) is 13.2 Å². The average Bonchev–Trinajstić information content (AvgIpc) is 3.12. The minimum absolute atomic E-state index is 0.216. The number of ether oxygens (including phenoxy) is 2. The third-order valence-corrected chi connectivity index (χ3v) is 4.88. The molecule has 0 unspecified atom stereocenters. The third kappa shape index (κ3) is 3.81. The minimum atomic E-state index is -0.967. The number of benzene rings is 1. The number of nitrogens with one attached hydrogen (secondary N) is 1. The Labute approximate surface area is 160 Å². The largest absolute Gasteiger partial charge is 0.347 e. The molecular formula is C19H20F2N4O3. The fourth-order valence-corrected chi connectivity index (χ4v) is 3.46. The van der Waals surface area contributed by atoms with E-state index >= 15 is 0 Å². The summed E-state index contributed by atoms with van der Waals surface area (Å²) in [7, 11) is 0. The highest BCUT2D eigenvalue weighted by Crippen LogP contribution is 2.31. The summed E-state index contributed by atoms with van der Waals surface area (Å²) in [5.41, 5.74) is 0.563. The molecule has 0 bridgehead atoms. The van der Waals surface area contributed by atoms with Crippen LogP contribution in [0.25, 0.3) is 0 Å². The lowest BCUT2D eigenvalue weighted by atomic mass is 10.0. The summed E-state index contributed by atoms with van der Waals surface area (Å²) in [6, 6.07) is 4.95. The zero-order valence-electron chi connectivity index (χ0n) is 15.4. The van der Waals surface area contributed by atoms with Crippen LogP contribution in [0.3, 0.4) is 0 Å². The Bertz CT molecular complexity index is 893. The van der Waals surface area contributed by atoms with E-state index in [1.54, 1.807) is 11.8 Å². The van der Waals surface area contributed by atoms with Gasteiger partial charge in [0.2, 0.25) is 0 Å². The van der Waals surface area contributed by atoms with Crippen LogP contribution in [0.5, 0.6) is 0 Å². The van der Waals surface area contributed by atoms with Crippen molar-refractivity contribution in [2.75, 3.05) is 31.6 Å². The van der Waals surface area contributed by atoms with Gasteiger partial charge in [0.25, 0.3) is 5.91 Å². The van der Waals surface area contributed by atoms with Gasteiger partial charge in [-0.05, 0) is 19.1 Å². The Morgan fingerprint density at radius 1 is 1.11 bits per heavy atom. The first-order valence-corrected chi connectivity index (χ1v) is 9.09. The first kappa shape index (κ1) is 18.7. The molecule has 2 aliphatic rings. The number of likely N-dealkylation sites (tertiary alicyclic amines) is 1. The molecule has 1 spiro atoms. The second kappa shape index (κ2) is 7.40. The zero-order valence-corrected chi connectivity index (χ0v) is 15.4. The van der Waals surface area contributed by atoms with Crippen LogP contribution in [0.4, 0.5) is 20.3 Å². The van der Waals surface area contributed by atoms with Crippen LogP contribution in [-0.2, 0) is 9.47 Å². The third-order valence-electron chi connectivity index (χ3n) is 4.88. The van der Waals surface area contributed by atoms with Crippen LogP contribution in [0.1, 0.15) is 29.2 Å². The molecule has 1 N–H and O–H groups in total. The lowest BCUT2D eigenvalue weighted by molar-refractivity contribution is -0.181. The normalized spacial score (nSPS) is 18.5. The number of aryl methyl sites for hydroxylation is 1. The van der Waals surface area contributed by atoms with E-state index in [0.29, 0.717) is 56.5 Å². The Kier molecular flexibility index (Phi) is 4.94. The van der Waals surface area contributed by atoms with Gasteiger partial charge >= 0.3 is 0 Å². The van der Waals surface area contributed by atoms with Gasteiger partial charge in [-0.2, -0.15) is 0 Å². The van der Waals surface area contributed by atoms with Gasteiger partial charge in [-0.25, -0.2) is 18.7 Å². The van der Waals surface area contributed by atoms with Gasteiger partial charge in [-0.3, -0.25) is 4.79 Å². The van der Waals surface area contributed by atoms with E-state index in [0.717, 1.165) is 12.1 Å². The van der Waals surface area contributed by atoms with Gasteiger partial charge in [-0.15, -0.1) is 0 Å². The number of hydrogen-bond donors (Lipinski definition) is 1. The molecule has 2 fully saturated rings. The SMILES string of the molecule is Cc1nc(Nc2ccc(F)c(F)c2)cc(C(=O)N2CCC3(CC2)OCCO3)n1. The Hall–Kier alpha value is -2.65. The van der Waals surface area contributed by atoms with E-state index < -0.39 is 17.4 Å². The summed E-state index contributed by atoms with van der Waals surface area (Å²) in [4.78, 5) is 23.0. The van der Waals surface area contributed by atoms with Crippen LogP contribution in [0, 0.1) is 18.6 Å². The van der Waals surface area contributed by atoms with E-state index in [1.165, 1.54) is 12.1 Å². The second-order valence-corrected chi connectivity index (χ2v) is 6.84. The fraction of sp³-hybridized carbons (Fsp3) is 0.421. The number of anilines is 2. The number of hydrogen-bond acceptors (Lipinski definition) is 6. The van der Waals surface area contributed by atoms with Crippen molar-refractivity contribution in [3.8, 4) is 0 Å². The lowest BCUT2D eigenvalue weighted by Gasteiger charge is -2.37. The molecule has 9 heteroatoms. The molecule has 3 heterocycles. The predicted octanol–water partition coefficient (Wildman–Crippen LogP) is 2.79. The van der Waals surface area contributed by atoms with Crippen LogP contribution in [-0.4, -0.2) is 52.9 Å². The molecule has 1 aromatic heterocycles. The maximum atomic E-state index is 13.4.